The van der Waals surface area contributed by atoms with Crippen molar-refractivity contribution in [1.82, 2.24) is 19.2 Å². The highest BCUT2D eigenvalue weighted by atomic mass is 35.5. The van der Waals surface area contributed by atoms with Crippen LogP contribution in [-0.2, 0) is 17.8 Å². The third-order valence-corrected chi connectivity index (χ3v) is 6.03. The monoisotopic (exact) mass is 459 g/mol. The molecule has 0 spiro atoms. The third kappa shape index (κ3) is 4.15. The summed E-state index contributed by atoms with van der Waals surface area (Å²) in [6.45, 7) is 4.65. The number of ether oxygens (including phenoxy) is 1. The Labute approximate surface area is 187 Å². The number of amides is 1. The van der Waals surface area contributed by atoms with E-state index in [1.165, 1.54) is 18.4 Å². The van der Waals surface area contributed by atoms with Crippen LogP contribution in [0.5, 0.6) is 5.75 Å². The molecule has 0 aliphatic rings. The van der Waals surface area contributed by atoms with Crippen LogP contribution in [0.25, 0.3) is 16.0 Å². The van der Waals surface area contributed by atoms with Gasteiger partial charge in [0, 0.05) is 25.1 Å². The fourth-order valence-electron chi connectivity index (χ4n) is 3.47. The summed E-state index contributed by atoms with van der Waals surface area (Å²) in [4.78, 5) is 25.4. The lowest BCUT2D eigenvalue weighted by molar-refractivity contribution is -0.116. The summed E-state index contributed by atoms with van der Waals surface area (Å²) in [6.07, 6.45) is 0.584. The van der Waals surface area contributed by atoms with E-state index in [-0.39, 0.29) is 23.8 Å². The highest BCUT2D eigenvalue weighted by Gasteiger charge is 2.18. The molecule has 0 radical (unpaired) electrons. The van der Waals surface area contributed by atoms with Gasteiger partial charge in [0.25, 0.3) is 5.56 Å². The van der Waals surface area contributed by atoms with Gasteiger partial charge in [-0.05, 0) is 35.6 Å². The van der Waals surface area contributed by atoms with Crippen LogP contribution < -0.4 is 15.6 Å². The fourth-order valence-corrected chi connectivity index (χ4v) is 4.55. The van der Waals surface area contributed by atoms with Crippen LogP contribution in [0.4, 0.5) is 5.69 Å². The van der Waals surface area contributed by atoms with Crippen LogP contribution in [0.2, 0.25) is 5.02 Å². The molecule has 1 N–H and O–H groups in total. The number of nitrogens with zero attached hydrogens (tertiary/aromatic N) is 4. The molecule has 0 unspecified atom stereocenters. The molecule has 10 heteroatoms. The Balaban J connectivity index is 1.59. The molecule has 0 fully saturated rings. The van der Waals surface area contributed by atoms with Crippen molar-refractivity contribution >= 4 is 50.5 Å². The van der Waals surface area contributed by atoms with Gasteiger partial charge in [-0.1, -0.05) is 25.4 Å². The van der Waals surface area contributed by atoms with E-state index in [1.807, 2.05) is 15.8 Å². The van der Waals surface area contributed by atoms with Gasteiger partial charge >= 0.3 is 0 Å². The lowest BCUT2D eigenvalue weighted by Crippen LogP contribution is -2.24. The van der Waals surface area contributed by atoms with Gasteiger partial charge in [-0.15, -0.1) is 21.5 Å². The highest BCUT2D eigenvalue weighted by Crippen LogP contribution is 2.27. The molecule has 0 bridgehead atoms. The van der Waals surface area contributed by atoms with Crippen molar-refractivity contribution in [2.24, 2.45) is 5.92 Å². The van der Waals surface area contributed by atoms with Crippen LogP contribution in [0.3, 0.4) is 0 Å². The Morgan fingerprint density at radius 3 is 2.81 bits per heavy atom. The van der Waals surface area contributed by atoms with Crippen molar-refractivity contribution < 1.29 is 9.53 Å². The number of rotatable bonds is 7. The number of aryl methyl sites for hydroxylation is 1. The fraction of sp³-hybridized carbons (Fsp3) is 0.333. The molecule has 1 aromatic carbocycles. The molecule has 0 saturated carbocycles. The van der Waals surface area contributed by atoms with Crippen LogP contribution in [0.15, 0.2) is 34.4 Å². The number of halogens is 1. The highest BCUT2D eigenvalue weighted by molar-refractivity contribution is 7.17. The summed E-state index contributed by atoms with van der Waals surface area (Å²) >= 11 is 7.52. The standard InChI is InChI=1S/C21H22ClN5O3S/c1-12(2)11-26-20(29)19-15(8-9-31-19)27-17(24-25-21(26)27)6-7-18(28)23-13-4-5-16(30-3)14(22)10-13/h4-5,8-10,12H,6-7,11H2,1-3H3,(H,23,28). The summed E-state index contributed by atoms with van der Waals surface area (Å²) in [6, 6.07) is 6.96. The molecule has 0 aliphatic carbocycles. The zero-order valence-corrected chi connectivity index (χ0v) is 19.0. The van der Waals surface area contributed by atoms with Gasteiger partial charge in [0.1, 0.15) is 16.3 Å². The first-order valence-electron chi connectivity index (χ1n) is 9.86. The largest absolute Gasteiger partial charge is 0.495 e. The lowest BCUT2D eigenvalue weighted by Gasteiger charge is -2.11. The van der Waals surface area contributed by atoms with Crippen LogP contribution >= 0.6 is 22.9 Å². The van der Waals surface area contributed by atoms with Crippen molar-refractivity contribution in [3.63, 3.8) is 0 Å². The van der Waals surface area contributed by atoms with Gasteiger partial charge < -0.3 is 10.1 Å². The molecule has 3 aromatic heterocycles. The van der Waals surface area contributed by atoms with Crippen molar-refractivity contribution in [2.45, 2.75) is 33.2 Å². The number of hydrogen-bond acceptors (Lipinski definition) is 6. The second-order valence-electron chi connectivity index (χ2n) is 7.59. The first kappa shape index (κ1) is 21.3. The maximum atomic E-state index is 12.9. The average molecular weight is 460 g/mol. The van der Waals surface area contributed by atoms with Crippen LogP contribution in [0, 0.1) is 5.92 Å². The number of fused-ring (bicyclic) bond motifs is 3. The Hall–Kier alpha value is -2.91. The van der Waals surface area contributed by atoms with E-state index in [0.29, 0.717) is 45.7 Å². The van der Waals surface area contributed by atoms with Crippen LogP contribution in [0.1, 0.15) is 26.1 Å². The maximum absolute atomic E-state index is 12.9. The normalized spacial score (nSPS) is 11.5. The molecule has 31 heavy (non-hydrogen) atoms. The minimum Gasteiger partial charge on any atom is -0.495 e. The number of carbonyl (C=O) groups excluding carboxylic acids is 1. The van der Waals surface area contributed by atoms with E-state index >= 15 is 0 Å². The molecule has 162 valence electrons. The van der Waals surface area contributed by atoms with Crippen molar-refractivity contribution in [3.05, 3.63) is 50.8 Å². The zero-order valence-electron chi connectivity index (χ0n) is 17.4. The topological polar surface area (TPSA) is 90.5 Å². The van der Waals surface area contributed by atoms with E-state index < -0.39 is 0 Å². The van der Waals surface area contributed by atoms with E-state index in [9.17, 15) is 9.59 Å². The summed E-state index contributed by atoms with van der Waals surface area (Å²) in [5.74, 6) is 1.79. The SMILES string of the molecule is COc1ccc(NC(=O)CCc2nnc3n(CC(C)C)c(=O)c4sccc4n23)cc1Cl. The summed E-state index contributed by atoms with van der Waals surface area (Å²) in [7, 11) is 1.54. The molecule has 0 aliphatic heterocycles. The molecule has 1 amide bonds. The Kier molecular flexibility index (Phi) is 5.97. The number of benzene rings is 1. The third-order valence-electron chi connectivity index (χ3n) is 4.84. The number of hydrogen-bond donors (Lipinski definition) is 1. The number of methoxy groups -OCH3 is 1. The zero-order chi connectivity index (χ0) is 22.1. The summed E-state index contributed by atoms with van der Waals surface area (Å²) in [5, 5.41) is 13.7. The summed E-state index contributed by atoms with van der Waals surface area (Å²) in [5.41, 5.74) is 1.31. The molecular weight excluding hydrogens is 438 g/mol. The van der Waals surface area contributed by atoms with E-state index in [0.717, 1.165) is 5.52 Å². The van der Waals surface area contributed by atoms with Gasteiger partial charge in [-0.3, -0.25) is 18.6 Å². The number of nitrogens with one attached hydrogen (secondary N) is 1. The first-order chi connectivity index (χ1) is 14.9. The second kappa shape index (κ2) is 8.68. The number of anilines is 1. The average Bonchev–Trinajstić information content (AvgIpc) is 3.36. The Morgan fingerprint density at radius 1 is 1.29 bits per heavy atom. The van der Waals surface area contributed by atoms with Crippen LogP contribution in [-0.4, -0.2) is 32.2 Å². The van der Waals surface area contributed by atoms with E-state index in [4.69, 9.17) is 16.3 Å². The van der Waals surface area contributed by atoms with Crippen molar-refractivity contribution in [2.75, 3.05) is 12.4 Å². The first-order valence-corrected chi connectivity index (χ1v) is 11.1. The number of carbonyl (C=O) groups is 1. The minimum absolute atomic E-state index is 0.0562. The molecule has 0 atom stereocenters. The van der Waals surface area contributed by atoms with Gasteiger partial charge in [0.15, 0.2) is 0 Å². The predicted molar refractivity (Wildman–Crippen MR) is 122 cm³/mol. The Morgan fingerprint density at radius 2 is 2.10 bits per heavy atom. The van der Waals surface area contributed by atoms with Crippen molar-refractivity contribution in [3.8, 4) is 5.75 Å². The smallest absolute Gasteiger partial charge is 0.272 e. The molecule has 4 aromatic rings. The molecule has 4 rings (SSSR count). The predicted octanol–water partition coefficient (Wildman–Crippen LogP) is 4.00. The van der Waals surface area contributed by atoms with Gasteiger partial charge in [-0.2, -0.15) is 0 Å². The van der Waals surface area contributed by atoms with E-state index in [1.54, 1.807) is 22.8 Å². The number of aromatic nitrogens is 4. The number of thiophene rings is 1. The minimum atomic E-state index is -0.171. The second-order valence-corrected chi connectivity index (χ2v) is 8.92. The summed E-state index contributed by atoms with van der Waals surface area (Å²) < 4.78 is 9.33. The Bertz CT molecular complexity index is 1320. The molecule has 3 heterocycles. The maximum Gasteiger partial charge on any atom is 0.272 e. The lowest BCUT2D eigenvalue weighted by atomic mass is 10.2. The molecule has 0 saturated heterocycles. The van der Waals surface area contributed by atoms with Gasteiger partial charge in [0.2, 0.25) is 11.7 Å². The molecule has 8 nitrogen and oxygen atoms in total. The van der Waals surface area contributed by atoms with E-state index in [2.05, 4.69) is 29.4 Å². The van der Waals surface area contributed by atoms with Gasteiger partial charge in [-0.25, -0.2) is 0 Å². The van der Waals surface area contributed by atoms with Crippen molar-refractivity contribution in [1.29, 1.82) is 0 Å². The van der Waals surface area contributed by atoms with Gasteiger partial charge in [0.05, 0.1) is 17.6 Å². The molecular formula is C21H22ClN5O3S. The quantitative estimate of drug-likeness (QED) is 0.451.